The van der Waals surface area contributed by atoms with Gasteiger partial charge in [-0.1, -0.05) is 12.8 Å². The molecule has 29 heavy (non-hydrogen) atoms. The Kier molecular flexibility index (Phi) is 4.80. The summed E-state index contributed by atoms with van der Waals surface area (Å²) >= 11 is 5.29. The zero-order chi connectivity index (χ0) is 20.9. The smallest absolute Gasteiger partial charge is 0.269 e. The first-order chi connectivity index (χ1) is 13.8. The molecule has 154 valence electrons. The SMILES string of the molecule is CC(C)N1C(=O)[C@@]2(Cc3cc([N+](=O)[O-])ccc3N3CCCCC[C@H]32)C(=O)NC1=S. The number of hydrogen-bond acceptors (Lipinski definition) is 6. The Hall–Kier alpha value is -2.55. The van der Waals surface area contributed by atoms with Gasteiger partial charge in [0.1, 0.15) is 0 Å². The van der Waals surface area contributed by atoms with Crippen LogP contribution in [-0.4, -0.2) is 45.4 Å². The van der Waals surface area contributed by atoms with E-state index in [2.05, 4.69) is 10.2 Å². The maximum atomic E-state index is 13.8. The zero-order valence-electron chi connectivity index (χ0n) is 16.5. The number of benzene rings is 1. The molecule has 0 unspecified atom stereocenters. The number of anilines is 1. The number of amides is 2. The predicted octanol–water partition coefficient (Wildman–Crippen LogP) is 2.54. The van der Waals surface area contributed by atoms with Gasteiger partial charge < -0.3 is 10.2 Å². The number of rotatable bonds is 2. The van der Waals surface area contributed by atoms with Crippen LogP contribution in [0.2, 0.25) is 0 Å². The second kappa shape index (κ2) is 7.05. The number of nitrogens with zero attached hydrogens (tertiary/aromatic N) is 3. The Morgan fingerprint density at radius 3 is 2.72 bits per heavy atom. The highest BCUT2D eigenvalue weighted by Crippen LogP contribution is 2.48. The van der Waals surface area contributed by atoms with Crippen LogP contribution < -0.4 is 10.2 Å². The van der Waals surface area contributed by atoms with Crippen LogP contribution in [0.3, 0.4) is 0 Å². The standard InChI is InChI=1S/C20H24N4O4S/c1-12(2)23-18(26)20(17(25)21-19(23)29)11-13-10-14(24(27)28)7-8-15(13)22-9-5-3-4-6-16(20)22/h7-8,10,12,16H,3-6,9,11H2,1-2H3,(H,21,25,29)/t16-,20+/m0/s1. The minimum Gasteiger partial charge on any atom is -0.367 e. The van der Waals surface area contributed by atoms with Crippen molar-refractivity contribution >= 4 is 40.5 Å². The lowest BCUT2D eigenvalue weighted by Crippen LogP contribution is -2.72. The average molecular weight is 417 g/mol. The molecule has 4 rings (SSSR count). The van der Waals surface area contributed by atoms with E-state index in [1.807, 2.05) is 13.8 Å². The molecule has 0 aliphatic carbocycles. The normalized spacial score (nSPS) is 26.9. The fourth-order valence-corrected chi connectivity index (χ4v) is 5.41. The lowest BCUT2D eigenvalue weighted by Gasteiger charge is -2.52. The van der Waals surface area contributed by atoms with Crippen molar-refractivity contribution in [1.29, 1.82) is 0 Å². The van der Waals surface area contributed by atoms with Crippen molar-refractivity contribution in [3.05, 3.63) is 33.9 Å². The Bertz CT molecular complexity index is 918. The van der Waals surface area contributed by atoms with Crippen LogP contribution >= 0.6 is 12.2 Å². The molecule has 1 N–H and O–H groups in total. The summed E-state index contributed by atoms with van der Waals surface area (Å²) in [5, 5.41) is 14.2. The van der Waals surface area contributed by atoms with Crippen molar-refractivity contribution in [2.24, 2.45) is 5.41 Å². The van der Waals surface area contributed by atoms with Crippen LogP contribution in [-0.2, 0) is 16.0 Å². The van der Waals surface area contributed by atoms with Gasteiger partial charge in [0.2, 0.25) is 11.8 Å². The van der Waals surface area contributed by atoms with Gasteiger partial charge in [0, 0.05) is 36.8 Å². The highest BCUT2D eigenvalue weighted by Gasteiger charge is 2.61. The van der Waals surface area contributed by atoms with E-state index in [0.29, 0.717) is 18.5 Å². The Morgan fingerprint density at radius 1 is 1.28 bits per heavy atom. The van der Waals surface area contributed by atoms with Gasteiger partial charge in [0.25, 0.3) is 5.69 Å². The monoisotopic (exact) mass is 416 g/mol. The van der Waals surface area contributed by atoms with Gasteiger partial charge in [-0.3, -0.25) is 24.6 Å². The van der Waals surface area contributed by atoms with E-state index in [-0.39, 0.29) is 35.2 Å². The summed E-state index contributed by atoms with van der Waals surface area (Å²) in [6, 6.07) is 4.27. The molecule has 1 aromatic carbocycles. The van der Waals surface area contributed by atoms with Crippen LogP contribution in [0.5, 0.6) is 0 Å². The van der Waals surface area contributed by atoms with E-state index < -0.39 is 16.2 Å². The molecular weight excluding hydrogens is 392 g/mol. The third-order valence-electron chi connectivity index (χ3n) is 6.34. The van der Waals surface area contributed by atoms with Crippen molar-refractivity contribution in [2.45, 2.75) is 58.0 Å². The minimum absolute atomic E-state index is 0.0351. The van der Waals surface area contributed by atoms with Crippen molar-refractivity contribution in [3.63, 3.8) is 0 Å². The first-order valence-electron chi connectivity index (χ1n) is 10.0. The maximum absolute atomic E-state index is 13.8. The van der Waals surface area contributed by atoms with E-state index in [1.54, 1.807) is 6.07 Å². The second-order valence-electron chi connectivity index (χ2n) is 8.30. The lowest BCUT2D eigenvalue weighted by molar-refractivity contribution is -0.384. The van der Waals surface area contributed by atoms with E-state index >= 15 is 0 Å². The molecule has 2 fully saturated rings. The number of fused-ring (bicyclic) bond motifs is 4. The van der Waals surface area contributed by atoms with E-state index in [1.165, 1.54) is 17.0 Å². The summed E-state index contributed by atoms with van der Waals surface area (Å²) in [6.45, 7) is 4.44. The molecule has 2 atom stereocenters. The molecule has 1 spiro atoms. The first-order valence-corrected chi connectivity index (χ1v) is 10.4. The third kappa shape index (κ3) is 2.90. The topological polar surface area (TPSA) is 95.8 Å². The lowest BCUT2D eigenvalue weighted by atomic mass is 9.67. The summed E-state index contributed by atoms with van der Waals surface area (Å²) in [7, 11) is 0. The van der Waals surface area contributed by atoms with Crippen LogP contribution in [0.15, 0.2) is 18.2 Å². The van der Waals surface area contributed by atoms with Gasteiger partial charge in [-0.15, -0.1) is 0 Å². The van der Waals surface area contributed by atoms with Crippen LogP contribution in [0.25, 0.3) is 0 Å². The van der Waals surface area contributed by atoms with Crippen molar-refractivity contribution in [2.75, 3.05) is 11.4 Å². The molecule has 0 radical (unpaired) electrons. The van der Waals surface area contributed by atoms with Crippen molar-refractivity contribution < 1.29 is 14.5 Å². The summed E-state index contributed by atoms with van der Waals surface area (Å²) in [6.07, 6.45) is 3.76. The number of nitro benzene ring substituents is 1. The highest BCUT2D eigenvalue weighted by molar-refractivity contribution is 7.80. The molecule has 0 bridgehead atoms. The second-order valence-corrected chi connectivity index (χ2v) is 8.69. The third-order valence-corrected chi connectivity index (χ3v) is 6.63. The number of nitrogens with one attached hydrogen (secondary N) is 1. The van der Waals surface area contributed by atoms with Gasteiger partial charge >= 0.3 is 0 Å². The highest BCUT2D eigenvalue weighted by atomic mass is 32.1. The van der Waals surface area contributed by atoms with Crippen molar-refractivity contribution in [1.82, 2.24) is 10.2 Å². The maximum Gasteiger partial charge on any atom is 0.269 e. The molecule has 0 saturated carbocycles. The molecule has 3 heterocycles. The van der Waals surface area contributed by atoms with Crippen LogP contribution in [0, 0.1) is 15.5 Å². The molecule has 8 nitrogen and oxygen atoms in total. The molecule has 2 saturated heterocycles. The molecule has 2 amide bonds. The summed E-state index contributed by atoms with van der Waals surface area (Å²) in [4.78, 5) is 41.6. The summed E-state index contributed by atoms with van der Waals surface area (Å²) in [5.41, 5.74) is 0.182. The average Bonchev–Trinajstić information content (AvgIpc) is 2.91. The van der Waals surface area contributed by atoms with Gasteiger partial charge in [0.15, 0.2) is 10.5 Å². The molecular formula is C20H24N4O4S. The summed E-state index contributed by atoms with van der Waals surface area (Å²) < 4.78 is 0. The quantitative estimate of drug-likeness (QED) is 0.345. The van der Waals surface area contributed by atoms with E-state index in [0.717, 1.165) is 24.9 Å². The summed E-state index contributed by atoms with van der Waals surface area (Å²) in [5.74, 6) is -0.686. The number of nitro groups is 1. The van der Waals surface area contributed by atoms with Crippen LogP contribution in [0.1, 0.15) is 45.1 Å². The Morgan fingerprint density at radius 2 is 2.03 bits per heavy atom. The first kappa shape index (κ1) is 19.8. The molecule has 1 aromatic rings. The fourth-order valence-electron chi connectivity index (χ4n) is 5.03. The largest absolute Gasteiger partial charge is 0.367 e. The zero-order valence-corrected chi connectivity index (χ0v) is 17.3. The molecule has 3 aliphatic rings. The molecule has 3 aliphatic heterocycles. The molecule has 9 heteroatoms. The predicted molar refractivity (Wildman–Crippen MR) is 112 cm³/mol. The van der Waals surface area contributed by atoms with E-state index in [9.17, 15) is 19.7 Å². The van der Waals surface area contributed by atoms with E-state index in [4.69, 9.17) is 12.2 Å². The van der Waals surface area contributed by atoms with Gasteiger partial charge in [-0.25, -0.2) is 0 Å². The number of hydrogen-bond donors (Lipinski definition) is 1. The van der Waals surface area contributed by atoms with Gasteiger partial charge in [0.05, 0.1) is 11.0 Å². The molecule has 0 aromatic heterocycles. The van der Waals surface area contributed by atoms with Gasteiger partial charge in [-0.05, 0) is 50.5 Å². The van der Waals surface area contributed by atoms with Crippen molar-refractivity contribution in [3.8, 4) is 0 Å². The number of carbonyl (C=O) groups is 2. The van der Waals surface area contributed by atoms with Crippen LogP contribution in [0.4, 0.5) is 11.4 Å². The number of non-ortho nitro benzene ring substituents is 1. The number of carbonyl (C=O) groups excluding carboxylic acids is 2. The Labute approximate surface area is 174 Å². The Balaban J connectivity index is 1.91. The fraction of sp³-hybridized carbons (Fsp3) is 0.550. The number of thiocarbonyl (C=S) groups is 1. The minimum atomic E-state index is -1.33. The van der Waals surface area contributed by atoms with Gasteiger partial charge in [-0.2, -0.15) is 0 Å².